The van der Waals surface area contributed by atoms with Gasteiger partial charge in [0.25, 0.3) is 0 Å². The van der Waals surface area contributed by atoms with E-state index in [-0.39, 0.29) is 0 Å². The van der Waals surface area contributed by atoms with Crippen LogP contribution in [0.25, 0.3) is 10.6 Å². The molecule has 2 aromatic heterocycles. The van der Waals surface area contributed by atoms with Crippen LogP contribution in [0.4, 0.5) is 0 Å². The summed E-state index contributed by atoms with van der Waals surface area (Å²) >= 11 is 3.23. The first kappa shape index (κ1) is 14.8. The second-order valence-corrected chi connectivity index (χ2v) is 6.97. The summed E-state index contributed by atoms with van der Waals surface area (Å²) in [6, 6.07) is 9.73. The lowest BCUT2D eigenvalue weighted by atomic mass is 10.2. The van der Waals surface area contributed by atoms with Crippen LogP contribution in [0.5, 0.6) is 0 Å². The van der Waals surface area contributed by atoms with E-state index >= 15 is 0 Å². The number of hydrogen-bond acceptors (Lipinski definition) is 6. The van der Waals surface area contributed by atoms with Gasteiger partial charge in [-0.05, 0) is 24.6 Å². The van der Waals surface area contributed by atoms with Gasteiger partial charge in [0.05, 0.1) is 22.9 Å². The predicted octanol–water partition coefficient (Wildman–Crippen LogP) is 3.41. The molecular formula is C15H13N5S2. The molecule has 0 N–H and O–H groups in total. The molecule has 0 aliphatic carbocycles. The number of aromatic nitrogens is 4. The van der Waals surface area contributed by atoms with E-state index in [1.54, 1.807) is 27.8 Å². The van der Waals surface area contributed by atoms with Crippen LogP contribution in [-0.2, 0) is 12.8 Å². The summed E-state index contributed by atoms with van der Waals surface area (Å²) in [6.07, 6.45) is 1.96. The molecule has 0 amide bonds. The van der Waals surface area contributed by atoms with E-state index in [4.69, 9.17) is 5.26 Å². The molecule has 22 heavy (non-hydrogen) atoms. The van der Waals surface area contributed by atoms with Crippen LogP contribution in [0.1, 0.15) is 16.8 Å². The van der Waals surface area contributed by atoms with Gasteiger partial charge in [0.15, 0.2) is 9.35 Å². The van der Waals surface area contributed by atoms with Gasteiger partial charge < -0.3 is 0 Å². The zero-order valence-corrected chi connectivity index (χ0v) is 13.8. The van der Waals surface area contributed by atoms with Gasteiger partial charge in [-0.2, -0.15) is 10.4 Å². The third-order valence-corrected chi connectivity index (χ3v) is 5.26. The molecule has 7 heteroatoms. The van der Waals surface area contributed by atoms with Crippen molar-refractivity contribution >= 4 is 23.1 Å². The Labute approximate surface area is 136 Å². The van der Waals surface area contributed by atoms with E-state index in [0.717, 1.165) is 26.4 Å². The van der Waals surface area contributed by atoms with E-state index < -0.39 is 0 Å². The number of benzene rings is 1. The molecule has 0 radical (unpaired) electrons. The molecule has 0 unspecified atom stereocenters. The second-order valence-electron chi connectivity index (χ2n) is 4.77. The van der Waals surface area contributed by atoms with Gasteiger partial charge in [-0.15, -0.1) is 10.2 Å². The highest BCUT2D eigenvalue weighted by Gasteiger charge is 2.12. The maximum absolute atomic E-state index is 8.79. The quantitative estimate of drug-likeness (QED) is 0.687. The summed E-state index contributed by atoms with van der Waals surface area (Å²) in [6.45, 7) is 1.97. The molecule has 1 aromatic carbocycles. The minimum absolute atomic E-state index is 0.680. The van der Waals surface area contributed by atoms with Gasteiger partial charge in [0.1, 0.15) is 0 Å². The molecule has 0 bridgehead atoms. The van der Waals surface area contributed by atoms with Crippen molar-refractivity contribution in [2.24, 2.45) is 7.05 Å². The minimum Gasteiger partial charge on any atom is -0.275 e. The monoisotopic (exact) mass is 327 g/mol. The van der Waals surface area contributed by atoms with Crippen LogP contribution < -0.4 is 0 Å². The topological polar surface area (TPSA) is 67.4 Å². The highest BCUT2D eigenvalue weighted by Crippen LogP contribution is 2.32. The first-order valence-corrected chi connectivity index (χ1v) is 8.42. The molecule has 0 atom stereocenters. The van der Waals surface area contributed by atoms with Gasteiger partial charge in [-0.3, -0.25) is 4.68 Å². The van der Waals surface area contributed by atoms with Crippen molar-refractivity contribution in [2.75, 3.05) is 0 Å². The summed E-state index contributed by atoms with van der Waals surface area (Å²) in [5.74, 6) is 0.812. The van der Waals surface area contributed by atoms with Gasteiger partial charge in [-0.25, -0.2) is 0 Å². The zero-order chi connectivity index (χ0) is 15.5. The van der Waals surface area contributed by atoms with Crippen molar-refractivity contribution in [3.8, 4) is 16.6 Å². The van der Waals surface area contributed by atoms with E-state index in [2.05, 4.69) is 21.4 Å². The maximum atomic E-state index is 8.79. The van der Waals surface area contributed by atoms with Crippen molar-refractivity contribution in [1.82, 2.24) is 20.0 Å². The first-order valence-electron chi connectivity index (χ1n) is 6.61. The van der Waals surface area contributed by atoms with Crippen molar-refractivity contribution in [3.05, 3.63) is 47.3 Å². The molecule has 3 rings (SSSR count). The van der Waals surface area contributed by atoms with Gasteiger partial charge in [0.2, 0.25) is 0 Å². The van der Waals surface area contributed by atoms with E-state index in [0.29, 0.717) is 5.56 Å². The van der Waals surface area contributed by atoms with Crippen molar-refractivity contribution < 1.29 is 0 Å². The van der Waals surface area contributed by atoms with Crippen LogP contribution in [0.15, 0.2) is 34.8 Å². The fourth-order valence-corrected chi connectivity index (χ4v) is 3.88. The molecule has 0 saturated heterocycles. The number of rotatable bonds is 4. The Morgan fingerprint density at radius 3 is 2.68 bits per heavy atom. The lowest BCUT2D eigenvalue weighted by Gasteiger charge is -1.98. The second kappa shape index (κ2) is 6.30. The van der Waals surface area contributed by atoms with Gasteiger partial charge in [-0.1, -0.05) is 35.2 Å². The van der Waals surface area contributed by atoms with Crippen LogP contribution in [0, 0.1) is 18.3 Å². The summed E-state index contributed by atoms with van der Waals surface area (Å²) < 4.78 is 2.72. The van der Waals surface area contributed by atoms with Crippen molar-refractivity contribution in [3.63, 3.8) is 0 Å². The fourth-order valence-electron chi connectivity index (χ4n) is 2.01. The van der Waals surface area contributed by atoms with Crippen LogP contribution in [-0.4, -0.2) is 20.0 Å². The Morgan fingerprint density at radius 2 is 2.05 bits per heavy atom. The number of thioether (sulfide) groups is 1. The molecular weight excluding hydrogens is 314 g/mol. The number of aryl methyl sites for hydroxylation is 2. The maximum Gasteiger partial charge on any atom is 0.174 e. The Kier molecular flexibility index (Phi) is 4.22. The summed E-state index contributed by atoms with van der Waals surface area (Å²) in [5, 5.41) is 22.5. The molecule has 0 spiro atoms. The predicted molar refractivity (Wildman–Crippen MR) is 87.6 cm³/mol. The molecule has 0 aliphatic rings. The van der Waals surface area contributed by atoms with E-state index in [9.17, 15) is 0 Å². The van der Waals surface area contributed by atoms with E-state index in [1.807, 2.05) is 44.4 Å². The largest absolute Gasteiger partial charge is 0.275 e. The SMILES string of the molecule is Cc1nn(C)cc1-c1nnc(SCc2ccc(C#N)cc2)s1. The Morgan fingerprint density at radius 1 is 1.27 bits per heavy atom. The van der Waals surface area contributed by atoms with Crippen molar-refractivity contribution in [2.45, 2.75) is 17.0 Å². The number of nitrogens with zero attached hydrogens (tertiary/aromatic N) is 5. The van der Waals surface area contributed by atoms with Gasteiger partial charge >= 0.3 is 0 Å². The molecule has 0 saturated carbocycles. The summed E-state index contributed by atoms with van der Waals surface area (Å²) in [7, 11) is 1.90. The Hall–Kier alpha value is -2.17. The normalized spacial score (nSPS) is 10.6. The van der Waals surface area contributed by atoms with Crippen LogP contribution >= 0.6 is 23.1 Å². The smallest absolute Gasteiger partial charge is 0.174 e. The zero-order valence-electron chi connectivity index (χ0n) is 12.1. The van der Waals surface area contributed by atoms with Crippen molar-refractivity contribution in [1.29, 1.82) is 5.26 Å². The highest BCUT2D eigenvalue weighted by atomic mass is 32.2. The first-order chi connectivity index (χ1) is 10.7. The van der Waals surface area contributed by atoms with Gasteiger partial charge in [0, 0.05) is 19.0 Å². The minimum atomic E-state index is 0.680. The number of hydrogen-bond donors (Lipinski definition) is 0. The van der Waals surface area contributed by atoms with Crippen LogP contribution in [0.3, 0.4) is 0 Å². The Bertz CT molecular complexity index is 826. The third-order valence-electron chi connectivity index (χ3n) is 3.10. The van der Waals surface area contributed by atoms with E-state index in [1.165, 1.54) is 5.56 Å². The lowest BCUT2D eigenvalue weighted by molar-refractivity contribution is 0.756. The molecule has 2 heterocycles. The lowest BCUT2D eigenvalue weighted by Crippen LogP contribution is -1.86. The average molecular weight is 327 g/mol. The highest BCUT2D eigenvalue weighted by molar-refractivity contribution is 8.00. The molecule has 0 aliphatic heterocycles. The summed E-state index contributed by atoms with van der Waals surface area (Å²) in [4.78, 5) is 0. The molecule has 5 nitrogen and oxygen atoms in total. The molecule has 0 fully saturated rings. The standard InChI is InChI=1S/C15H13N5S2/c1-10-13(8-20(2)19-10)14-17-18-15(22-14)21-9-12-5-3-11(7-16)4-6-12/h3-6,8H,9H2,1-2H3. The third kappa shape index (κ3) is 3.18. The summed E-state index contributed by atoms with van der Waals surface area (Å²) in [5.41, 5.74) is 3.84. The Balaban J connectivity index is 1.69. The average Bonchev–Trinajstić information content (AvgIpc) is 3.12. The fraction of sp³-hybridized carbons (Fsp3) is 0.200. The van der Waals surface area contributed by atoms with Crippen LogP contribution in [0.2, 0.25) is 0 Å². The molecule has 110 valence electrons. The number of nitriles is 1. The molecule has 3 aromatic rings.